The Bertz CT molecular complexity index is 809. The number of carbonyl (C=O) groups is 3. The Labute approximate surface area is 232 Å². The van der Waals surface area contributed by atoms with Crippen molar-refractivity contribution in [2.24, 2.45) is 22.7 Å². The van der Waals surface area contributed by atoms with Crippen LogP contribution >= 0.6 is 0 Å². The van der Waals surface area contributed by atoms with Crippen LogP contribution in [0.25, 0.3) is 0 Å². The maximum absolute atomic E-state index is 11.3. The molecule has 2 fully saturated rings. The first kappa shape index (κ1) is 35.6. The molecular formula is C32H54O6. The molecule has 0 radical (unpaired) electrons. The molecule has 3 unspecified atom stereocenters. The van der Waals surface area contributed by atoms with E-state index in [4.69, 9.17) is 14.2 Å². The quantitative estimate of drug-likeness (QED) is 0.110. The van der Waals surface area contributed by atoms with Crippen molar-refractivity contribution in [3.63, 3.8) is 0 Å². The molecule has 0 saturated heterocycles. The molecule has 218 valence electrons. The summed E-state index contributed by atoms with van der Waals surface area (Å²) in [5.41, 5.74) is 1.49. The second-order valence-electron chi connectivity index (χ2n) is 11.7. The molecule has 0 aromatic rings. The number of carbonyl (C=O) groups excluding carboxylic acids is 3. The van der Waals surface area contributed by atoms with Crippen molar-refractivity contribution < 1.29 is 28.6 Å². The highest BCUT2D eigenvalue weighted by Gasteiger charge is 2.62. The molecule has 38 heavy (non-hydrogen) atoms. The van der Waals surface area contributed by atoms with E-state index in [1.807, 2.05) is 20.8 Å². The number of rotatable bonds is 12. The average molecular weight is 535 g/mol. The standard InChI is InChI=1S/C13H20O2.C11H20O2.C8H14O2/c1-5-11(14)15-10-8-9-6-7-13(10,4)12(9,2)3;1-4-6-7-8-9-13-11(12)10(3)5-2;1-6(2)5-10-8(9)7(3)4/h5,9-10H,1,6-8H2,2-4H3;3-9H2,1-2H3;6H,3,5H2,1-2,4H3. The zero-order chi connectivity index (χ0) is 29.5. The minimum Gasteiger partial charge on any atom is -0.462 e. The Morgan fingerprint density at radius 3 is 2.05 bits per heavy atom. The van der Waals surface area contributed by atoms with Gasteiger partial charge in [0.05, 0.1) is 13.2 Å². The molecule has 0 amide bonds. The third-order valence-corrected chi connectivity index (χ3v) is 7.98. The number of hydrogen-bond acceptors (Lipinski definition) is 6. The predicted octanol–water partition coefficient (Wildman–Crippen LogP) is 7.77. The van der Waals surface area contributed by atoms with Crippen molar-refractivity contribution in [1.29, 1.82) is 0 Å². The lowest BCUT2D eigenvalue weighted by Gasteiger charge is -2.38. The van der Waals surface area contributed by atoms with Crippen LogP contribution in [-0.4, -0.2) is 37.2 Å². The van der Waals surface area contributed by atoms with E-state index < -0.39 is 0 Å². The van der Waals surface area contributed by atoms with Gasteiger partial charge in [0.25, 0.3) is 0 Å². The summed E-state index contributed by atoms with van der Waals surface area (Å²) in [6.45, 7) is 28.1. The molecule has 2 aliphatic rings. The third-order valence-electron chi connectivity index (χ3n) is 7.98. The van der Waals surface area contributed by atoms with Crippen molar-refractivity contribution in [3.05, 3.63) is 37.0 Å². The number of hydrogen-bond donors (Lipinski definition) is 0. The summed E-state index contributed by atoms with van der Waals surface area (Å²) in [6, 6.07) is 0. The number of ether oxygens (including phenoxy) is 3. The van der Waals surface area contributed by atoms with Crippen LogP contribution in [0.3, 0.4) is 0 Å². The topological polar surface area (TPSA) is 78.9 Å². The molecule has 3 atom stereocenters. The predicted molar refractivity (Wildman–Crippen MR) is 154 cm³/mol. The van der Waals surface area contributed by atoms with Crippen molar-refractivity contribution in [2.45, 2.75) is 113 Å². The van der Waals surface area contributed by atoms with Gasteiger partial charge in [-0.25, -0.2) is 14.4 Å². The second kappa shape index (κ2) is 17.3. The molecule has 2 aliphatic carbocycles. The van der Waals surface area contributed by atoms with E-state index in [1.54, 1.807) is 6.92 Å². The molecule has 0 aromatic heterocycles. The Balaban J connectivity index is 0.000000554. The molecular weight excluding hydrogens is 480 g/mol. The van der Waals surface area contributed by atoms with Gasteiger partial charge in [0.2, 0.25) is 0 Å². The molecule has 0 heterocycles. The lowest BCUT2D eigenvalue weighted by Crippen LogP contribution is -2.38. The fraction of sp³-hybridized carbons (Fsp3) is 0.719. The highest BCUT2D eigenvalue weighted by atomic mass is 16.5. The number of fused-ring (bicyclic) bond motifs is 2. The largest absolute Gasteiger partial charge is 0.462 e. The normalized spacial score (nSPS) is 22.2. The van der Waals surface area contributed by atoms with E-state index in [2.05, 4.69) is 47.4 Å². The Morgan fingerprint density at radius 2 is 1.63 bits per heavy atom. The zero-order valence-electron chi connectivity index (χ0n) is 25.5. The van der Waals surface area contributed by atoms with Gasteiger partial charge in [-0.3, -0.25) is 0 Å². The minimum atomic E-state index is -0.297. The first-order chi connectivity index (χ1) is 17.7. The molecule has 0 aliphatic heterocycles. The lowest BCUT2D eigenvalue weighted by molar-refractivity contribution is -0.150. The van der Waals surface area contributed by atoms with E-state index in [0.717, 1.165) is 19.3 Å². The van der Waals surface area contributed by atoms with Gasteiger partial charge in [0.1, 0.15) is 6.10 Å². The van der Waals surface area contributed by atoms with E-state index in [9.17, 15) is 14.4 Å². The van der Waals surface area contributed by atoms with Gasteiger partial charge in [-0.2, -0.15) is 0 Å². The molecule has 6 heteroatoms. The van der Waals surface area contributed by atoms with Crippen LogP contribution in [0, 0.1) is 22.7 Å². The number of unbranched alkanes of at least 4 members (excludes halogenated alkanes) is 3. The van der Waals surface area contributed by atoms with Crippen LogP contribution in [-0.2, 0) is 28.6 Å². The molecule has 2 bridgehead atoms. The monoisotopic (exact) mass is 534 g/mol. The maximum atomic E-state index is 11.3. The van der Waals surface area contributed by atoms with Crippen molar-refractivity contribution in [2.75, 3.05) is 13.2 Å². The Hall–Kier alpha value is -2.37. The Kier molecular flexibility index (Phi) is 16.2. The van der Waals surface area contributed by atoms with Crippen LogP contribution in [0.15, 0.2) is 37.0 Å². The Morgan fingerprint density at radius 1 is 1.00 bits per heavy atom. The fourth-order valence-electron chi connectivity index (χ4n) is 4.80. The first-order valence-corrected chi connectivity index (χ1v) is 14.2. The van der Waals surface area contributed by atoms with Crippen molar-refractivity contribution in [3.8, 4) is 0 Å². The second-order valence-corrected chi connectivity index (χ2v) is 11.7. The van der Waals surface area contributed by atoms with Gasteiger partial charge in [-0.15, -0.1) is 0 Å². The van der Waals surface area contributed by atoms with Crippen LogP contribution in [0.1, 0.15) is 107 Å². The fourth-order valence-corrected chi connectivity index (χ4v) is 4.80. The molecule has 2 saturated carbocycles. The number of esters is 3. The van der Waals surface area contributed by atoms with E-state index in [0.29, 0.717) is 48.0 Å². The average Bonchev–Trinajstić information content (AvgIpc) is 3.20. The third kappa shape index (κ3) is 11.2. The molecule has 0 N–H and O–H groups in total. The molecule has 6 nitrogen and oxygen atoms in total. The van der Waals surface area contributed by atoms with Gasteiger partial charge in [0, 0.05) is 22.6 Å². The van der Waals surface area contributed by atoms with Crippen LogP contribution in [0.4, 0.5) is 0 Å². The van der Waals surface area contributed by atoms with Gasteiger partial charge >= 0.3 is 17.9 Å². The van der Waals surface area contributed by atoms with Gasteiger partial charge in [0.15, 0.2) is 0 Å². The summed E-state index contributed by atoms with van der Waals surface area (Å²) in [4.78, 5) is 33.1. The van der Waals surface area contributed by atoms with E-state index in [1.165, 1.54) is 31.8 Å². The highest BCUT2D eigenvalue weighted by Crippen LogP contribution is 2.66. The lowest BCUT2D eigenvalue weighted by atomic mass is 9.70. The highest BCUT2D eigenvalue weighted by molar-refractivity contribution is 5.87. The smallest absolute Gasteiger partial charge is 0.333 e. The zero-order valence-corrected chi connectivity index (χ0v) is 25.5. The van der Waals surface area contributed by atoms with Crippen molar-refractivity contribution in [1.82, 2.24) is 0 Å². The molecule has 0 aromatic carbocycles. The summed E-state index contributed by atoms with van der Waals surface area (Å²) >= 11 is 0. The maximum Gasteiger partial charge on any atom is 0.333 e. The van der Waals surface area contributed by atoms with Crippen LogP contribution in [0.2, 0.25) is 0 Å². The van der Waals surface area contributed by atoms with E-state index >= 15 is 0 Å². The molecule has 2 rings (SSSR count). The summed E-state index contributed by atoms with van der Waals surface area (Å²) in [5, 5.41) is 0. The summed E-state index contributed by atoms with van der Waals surface area (Å²) in [6.07, 6.45) is 10.1. The SMILES string of the molecule is C=C(C)C(=O)OCC(C)C.C=C(CC)C(=O)OCCCCCC.C=CC(=O)OC1CC2CCC1(C)C2(C)C. The van der Waals surface area contributed by atoms with Gasteiger partial charge < -0.3 is 14.2 Å². The summed E-state index contributed by atoms with van der Waals surface area (Å²) < 4.78 is 15.3. The van der Waals surface area contributed by atoms with Gasteiger partial charge in [-0.05, 0) is 56.3 Å². The molecule has 0 spiro atoms. The van der Waals surface area contributed by atoms with Crippen LogP contribution < -0.4 is 0 Å². The van der Waals surface area contributed by atoms with Crippen molar-refractivity contribution >= 4 is 17.9 Å². The summed E-state index contributed by atoms with van der Waals surface area (Å²) in [7, 11) is 0. The summed E-state index contributed by atoms with van der Waals surface area (Å²) in [5.74, 6) is 0.297. The van der Waals surface area contributed by atoms with Crippen LogP contribution in [0.5, 0.6) is 0 Å². The minimum absolute atomic E-state index is 0.0942. The first-order valence-electron chi connectivity index (χ1n) is 14.2. The van der Waals surface area contributed by atoms with Gasteiger partial charge in [-0.1, -0.05) is 87.5 Å². The van der Waals surface area contributed by atoms with E-state index in [-0.39, 0.29) is 29.4 Å².